The first-order chi connectivity index (χ1) is 14.2. The molecule has 146 valence electrons. The predicted molar refractivity (Wildman–Crippen MR) is 114 cm³/mol. The highest BCUT2D eigenvalue weighted by atomic mass is 32.2. The molecule has 0 fully saturated rings. The quantitative estimate of drug-likeness (QED) is 0.632. The van der Waals surface area contributed by atoms with Crippen LogP contribution in [0.4, 0.5) is 0 Å². The van der Waals surface area contributed by atoms with E-state index in [1.807, 2.05) is 48.5 Å². The van der Waals surface area contributed by atoms with E-state index in [0.717, 1.165) is 36.1 Å². The van der Waals surface area contributed by atoms with Crippen LogP contribution in [-0.2, 0) is 16.4 Å². The molecule has 4 nitrogen and oxygen atoms in total. The second kappa shape index (κ2) is 7.16. The third-order valence-electron chi connectivity index (χ3n) is 5.86. The fourth-order valence-electron chi connectivity index (χ4n) is 4.51. The van der Waals surface area contributed by atoms with Crippen LogP contribution >= 0.6 is 0 Å². The van der Waals surface area contributed by atoms with Gasteiger partial charge in [-0.2, -0.15) is 17.9 Å². The lowest BCUT2D eigenvalue weighted by molar-refractivity contribution is 0.313. The molecule has 2 aliphatic rings. The van der Waals surface area contributed by atoms with E-state index in [1.54, 1.807) is 24.3 Å². The lowest BCUT2D eigenvalue weighted by Gasteiger charge is -2.27. The molecule has 0 radical (unpaired) electrons. The maximum absolute atomic E-state index is 13.6. The van der Waals surface area contributed by atoms with Gasteiger partial charge in [-0.1, -0.05) is 72.8 Å². The summed E-state index contributed by atoms with van der Waals surface area (Å²) in [6.07, 6.45) is 2.93. The summed E-state index contributed by atoms with van der Waals surface area (Å²) in [6, 6.07) is 26.4. The van der Waals surface area contributed by atoms with Crippen LogP contribution in [0.3, 0.4) is 0 Å². The zero-order chi connectivity index (χ0) is 19.8. The molecule has 0 amide bonds. The van der Waals surface area contributed by atoms with Crippen molar-refractivity contribution >= 4 is 15.7 Å². The Kier molecular flexibility index (Phi) is 4.47. The summed E-state index contributed by atoms with van der Waals surface area (Å²) in [4.78, 5) is 0.273. The number of hydrogen-bond donors (Lipinski definition) is 0. The topological polar surface area (TPSA) is 49.7 Å². The molecule has 2 atom stereocenters. The SMILES string of the molecule is O=S(=O)(c1ccccc1)N1N=C2c3ccccc3CCC[C@H]2[C@@H]1c1ccccc1. The number of sulfonamides is 1. The molecule has 5 rings (SSSR count). The predicted octanol–water partition coefficient (Wildman–Crippen LogP) is 4.79. The fourth-order valence-corrected chi connectivity index (χ4v) is 5.99. The van der Waals surface area contributed by atoms with Gasteiger partial charge >= 0.3 is 0 Å². The van der Waals surface area contributed by atoms with E-state index in [4.69, 9.17) is 5.10 Å². The van der Waals surface area contributed by atoms with Crippen LogP contribution in [-0.4, -0.2) is 18.5 Å². The number of nitrogens with zero attached hydrogens (tertiary/aromatic N) is 2. The van der Waals surface area contributed by atoms with Crippen LogP contribution in [0.15, 0.2) is 94.9 Å². The highest BCUT2D eigenvalue weighted by molar-refractivity contribution is 7.89. The fraction of sp³-hybridized carbons (Fsp3) is 0.208. The molecule has 5 heteroatoms. The van der Waals surface area contributed by atoms with Crippen molar-refractivity contribution < 1.29 is 8.42 Å². The van der Waals surface area contributed by atoms with Crippen molar-refractivity contribution in [3.63, 3.8) is 0 Å². The molecule has 3 aromatic carbocycles. The second-order valence-electron chi connectivity index (χ2n) is 7.59. The zero-order valence-electron chi connectivity index (χ0n) is 16.0. The molecule has 0 bridgehead atoms. The average molecular weight is 403 g/mol. The van der Waals surface area contributed by atoms with E-state index in [1.165, 1.54) is 9.98 Å². The summed E-state index contributed by atoms with van der Waals surface area (Å²) in [7, 11) is -3.76. The molecule has 0 N–H and O–H groups in total. The Balaban J connectivity index is 1.70. The Labute approximate surface area is 171 Å². The average Bonchev–Trinajstić information content (AvgIpc) is 3.06. The van der Waals surface area contributed by atoms with Crippen molar-refractivity contribution in [1.29, 1.82) is 0 Å². The lowest BCUT2D eigenvalue weighted by Crippen LogP contribution is -2.31. The van der Waals surface area contributed by atoms with Gasteiger partial charge in [-0.05, 0) is 42.5 Å². The summed E-state index contributed by atoms with van der Waals surface area (Å²) >= 11 is 0. The molecule has 0 saturated carbocycles. The van der Waals surface area contributed by atoms with Crippen LogP contribution in [0.1, 0.15) is 35.6 Å². The van der Waals surface area contributed by atoms with Gasteiger partial charge in [0.05, 0.1) is 16.6 Å². The maximum atomic E-state index is 13.6. The standard InChI is InChI=1S/C24H22N2O2S/c27-29(28,20-14-5-2-6-15-20)26-24(19-11-3-1-4-12-19)22-17-9-13-18-10-7-8-16-21(18)23(22)25-26/h1-8,10-12,14-16,22,24H,9,13,17H2/t22-,24+/m1/s1. The molecule has 0 saturated heterocycles. The Morgan fingerprint density at radius 2 is 1.48 bits per heavy atom. The van der Waals surface area contributed by atoms with Crippen molar-refractivity contribution in [2.24, 2.45) is 11.0 Å². The van der Waals surface area contributed by atoms with Gasteiger partial charge in [0.2, 0.25) is 0 Å². The molecule has 0 unspecified atom stereocenters. The number of benzene rings is 3. The van der Waals surface area contributed by atoms with E-state index >= 15 is 0 Å². The first-order valence-corrected chi connectivity index (χ1v) is 11.4. The molecule has 0 spiro atoms. The Hall–Kier alpha value is -2.92. The number of aryl methyl sites for hydroxylation is 1. The van der Waals surface area contributed by atoms with E-state index < -0.39 is 10.0 Å². The molecule has 3 aromatic rings. The molecular weight excluding hydrogens is 380 g/mol. The second-order valence-corrected chi connectivity index (χ2v) is 9.38. The van der Waals surface area contributed by atoms with Crippen LogP contribution < -0.4 is 0 Å². The molecule has 1 heterocycles. The van der Waals surface area contributed by atoms with Gasteiger partial charge in [0, 0.05) is 11.5 Å². The smallest absolute Gasteiger partial charge is 0.200 e. The normalized spacial score (nSPS) is 21.1. The monoisotopic (exact) mass is 402 g/mol. The van der Waals surface area contributed by atoms with Gasteiger partial charge in [-0.25, -0.2) is 0 Å². The van der Waals surface area contributed by atoms with Crippen molar-refractivity contribution in [1.82, 2.24) is 4.41 Å². The summed E-state index contributed by atoms with van der Waals surface area (Å²) in [5.74, 6) is 0.0412. The summed E-state index contributed by atoms with van der Waals surface area (Å²) in [5, 5.41) is 4.78. The molecule has 1 aliphatic carbocycles. The van der Waals surface area contributed by atoms with Crippen molar-refractivity contribution in [3.05, 3.63) is 102 Å². The molecule has 1 aliphatic heterocycles. The van der Waals surface area contributed by atoms with Gasteiger partial charge in [-0.15, -0.1) is 0 Å². The van der Waals surface area contributed by atoms with Gasteiger partial charge < -0.3 is 0 Å². The summed E-state index contributed by atoms with van der Waals surface area (Å²) in [5.41, 5.74) is 4.21. The Morgan fingerprint density at radius 3 is 2.24 bits per heavy atom. The van der Waals surface area contributed by atoms with Crippen molar-refractivity contribution in [2.45, 2.75) is 30.2 Å². The molecule has 0 aromatic heterocycles. The van der Waals surface area contributed by atoms with Gasteiger partial charge in [0.15, 0.2) is 0 Å². The Morgan fingerprint density at radius 1 is 0.828 bits per heavy atom. The maximum Gasteiger partial charge on any atom is 0.279 e. The Bertz CT molecular complexity index is 1160. The lowest BCUT2D eigenvalue weighted by atomic mass is 9.86. The largest absolute Gasteiger partial charge is 0.279 e. The third kappa shape index (κ3) is 3.06. The summed E-state index contributed by atoms with van der Waals surface area (Å²) < 4.78 is 28.5. The van der Waals surface area contributed by atoms with E-state index in [2.05, 4.69) is 12.1 Å². The van der Waals surface area contributed by atoms with Gasteiger partial charge in [0.1, 0.15) is 0 Å². The third-order valence-corrected chi connectivity index (χ3v) is 7.53. The number of hydrogen-bond acceptors (Lipinski definition) is 3. The number of fused-ring (bicyclic) bond motifs is 3. The van der Waals surface area contributed by atoms with Gasteiger partial charge in [-0.3, -0.25) is 0 Å². The van der Waals surface area contributed by atoms with Crippen LogP contribution in [0.25, 0.3) is 0 Å². The van der Waals surface area contributed by atoms with E-state index in [0.29, 0.717) is 0 Å². The molecular formula is C24H22N2O2S. The summed E-state index contributed by atoms with van der Waals surface area (Å²) in [6.45, 7) is 0. The van der Waals surface area contributed by atoms with Gasteiger partial charge in [0.25, 0.3) is 10.0 Å². The van der Waals surface area contributed by atoms with Crippen molar-refractivity contribution in [3.8, 4) is 0 Å². The minimum atomic E-state index is -3.76. The minimum absolute atomic E-state index is 0.0412. The minimum Gasteiger partial charge on any atom is -0.200 e. The van der Waals surface area contributed by atoms with E-state index in [-0.39, 0.29) is 16.9 Å². The number of rotatable bonds is 3. The highest BCUT2D eigenvalue weighted by Gasteiger charge is 2.45. The first kappa shape index (κ1) is 18.1. The first-order valence-electron chi connectivity index (χ1n) is 9.97. The van der Waals surface area contributed by atoms with E-state index in [9.17, 15) is 8.42 Å². The van der Waals surface area contributed by atoms with Crippen molar-refractivity contribution in [2.75, 3.05) is 0 Å². The highest BCUT2D eigenvalue weighted by Crippen LogP contribution is 2.45. The molecule has 29 heavy (non-hydrogen) atoms. The van der Waals surface area contributed by atoms with Crippen LogP contribution in [0.5, 0.6) is 0 Å². The number of hydrazone groups is 1. The van der Waals surface area contributed by atoms with Crippen LogP contribution in [0, 0.1) is 5.92 Å². The zero-order valence-corrected chi connectivity index (χ0v) is 16.8. The van der Waals surface area contributed by atoms with Crippen LogP contribution in [0.2, 0.25) is 0 Å².